The highest BCUT2D eigenvalue weighted by atomic mass is 16.5. The van der Waals surface area contributed by atoms with Crippen molar-refractivity contribution in [2.24, 2.45) is 5.92 Å². The summed E-state index contributed by atoms with van der Waals surface area (Å²) in [5, 5.41) is 14.5. The number of methoxy groups -OCH3 is 2. The van der Waals surface area contributed by atoms with Crippen LogP contribution in [0.25, 0.3) is 0 Å². The Bertz CT molecular complexity index is 945. The minimum atomic E-state index is -0.681. The first-order valence-corrected chi connectivity index (χ1v) is 11.5. The summed E-state index contributed by atoms with van der Waals surface area (Å²) in [6.45, 7) is 2.98. The molecule has 2 aliphatic rings. The minimum Gasteiger partial charge on any atom is -0.493 e. The van der Waals surface area contributed by atoms with Crippen molar-refractivity contribution < 1.29 is 19.4 Å². The van der Waals surface area contributed by atoms with Crippen molar-refractivity contribution in [3.05, 3.63) is 53.6 Å². The lowest BCUT2D eigenvalue weighted by Gasteiger charge is -2.52. The fourth-order valence-electron chi connectivity index (χ4n) is 5.42. The number of piperidine rings is 1. The molecule has 1 saturated carbocycles. The third-order valence-electron chi connectivity index (χ3n) is 7.10. The van der Waals surface area contributed by atoms with E-state index in [1.165, 1.54) is 0 Å². The number of amides is 1. The molecule has 32 heavy (non-hydrogen) atoms. The molecule has 6 nitrogen and oxygen atoms in total. The molecule has 0 bridgehead atoms. The molecule has 2 N–H and O–H groups in total. The number of nitrogens with zero attached hydrogens (tertiary/aromatic N) is 1. The van der Waals surface area contributed by atoms with Crippen molar-refractivity contribution >= 4 is 11.6 Å². The first-order chi connectivity index (χ1) is 15.4. The summed E-state index contributed by atoms with van der Waals surface area (Å²) in [6, 6.07) is 13.7. The van der Waals surface area contributed by atoms with E-state index >= 15 is 0 Å². The molecule has 0 radical (unpaired) electrons. The number of nitrogens with one attached hydrogen (secondary N) is 1. The number of aryl methyl sites for hydroxylation is 1. The zero-order valence-corrected chi connectivity index (χ0v) is 19.3. The van der Waals surface area contributed by atoms with E-state index in [2.05, 4.69) is 10.2 Å². The first-order valence-electron chi connectivity index (χ1n) is 11.5. The van der Waals surface area contributed by atoms with Crippen molar-refractivity contribution in [3.8, 4) is 11.5 Å². The molecule has 3 atom stereocenters. The summed E-state index contributed by atoms with van der Waals surface area (Å²) in [5.41, 5.74) is 2.33. The summed E-state index contributed by atoms with van der Waals surface area (Å²) in [4.78, 5) is 15.2. The number of benzene rings is 2. The number of carbonyl (C=O) groups excluding carboxylic acids is 1. The Labute approximate surface area is 190 Å². The Kier molecular flexibility index (Phi) is 6.72. The van der Waals surface area contributed by atoms with E-state index in [-0.39, 0.29) is 24.4 Å². The van der Waals surface area contributed by atoms with Crippen molar-refractivity contribution in [2.75, 3.05) is 32.6 Å². The van der Waals surface area contributed by atoms with Gasteiger partial charge in [0.25, 0.3) is 0 Å². The van der Waals surface area contributed by atoms with Crippen LogP contribution in [-0.2, 0) is 4.79 Å². The van der Waals surface area contributed by atoms with Crippen LogP contribution < -0.4 is 14.8 Å². The van der Waals surface area contributed by atoms with E-state index in [9.17, 15) is 9.90 Å². The Morgan fingerprint density at radius 2 is 1.84 bits per heavy atom. The van der Waals surface area contributed by atoms with Crippen LogP contribution in [0.2, 0.25) is 0 Å². The van der Waals surface area contributed by atoms with Crippen LogP contribution in [0, 0.1) is 12.8 Å². The Balaban J connectivity index is 1.61. The van der Waals surface area contributed by atoms with Gasteiger partial charge in [0.1, 0.15) is 0 Å². The van der Waals surface area contributed by atoms with E-state index in [4.69, 9.17) is 9.47 Å². The lowest BCUT2D eigenvalue weighted by Crippen LogP contribution is -2.56. The number of carbonyl (C=O) groups is 1. The van der Waals surface area contributed by atoms with Crippen LogP contribution in [0.4, 0.5) is 5.69 Å². The summed E-state index contributed by atoms with van der Waals surface area (Å²) >= 11 is 0. The Morgan fingerprint density at radius 1 is 1.09 bits per heavy atom. The zero-order valence-electron chi connectivity index (χ0n) is 19.3. The van der Waals surface area contributed by atoms with Crippen LogP contribution in [0.5, 0.6) is 11.5 Å². The van der Waals surface area contributed by atoms with Gasteiger partial charge in [0.05, 0.1) is 26.4 Å². The smallest absolute Gasteiger partial charge is 0.238 e. The minimum absolute atomic E-state index is 0.0411. The molecule has 1 aliphatic heterocycles. The van der Waals surface area contributed by atoms with Crippen LogP contribution >= 0.6 is 0 Å². The number of rotatable bonds is 6. The molecule has 3 unspecified atom stereocenters. The molecule has 1 amide bonds. The van der Waals surface area contributed by atoms with Gasteiger partial charge in [0.2, 0.25) is 5.91 Å². The van der Waals surface area contributed by atoms with E-state index in [0.717, 1.165) is 42.5 Å². The number of hydrogen-bond acceptors (Lipinski definition) is 5. The average Bonchev–Trinajstić information content (AvgIpc) is 2.80. The van der Waals surface area contributed by atoms with Gasteiger partial charge in [-0.3, -0.25) is 9.69 Å². The highest BCUT2D eigenvalue weighted by Crippen LogP contribution is 2.50. The number of fused-ring (bicyclic) bond motifs is 1. The molecule has 6 heteroatoms. The number of likely N-dealkylation sites (tertiary alicyclic amines) is 1. The molecule has 0 aromatic heterocycles. The highest BCUT2D eigenvalue weighted by molar-refractivity contribution is 5.92. The maximum atomic E-state index is 12.9. The topological polar surface area (TPSA) is 71.0 Å². The second-order valence-corrected chi connectivity index (χ2v) is 9.15. The predicted octanol–water partition coefficient (Wildman–Crippen LogP) is 4.32. The molecule has 4 rings (SSSR count). The van der Waals surface area contributed by atoms with Gasteiger partial charge in [-0.25, -0.2) is 0 Å². The molecule has 2 aromatic rings. The molecule has 1 heterocycles. The van der Waals surface area contributed by atoms with Gasteiger partial charge in [-0.15, -0.1) is 0 Å². The van der Waals surface area contributed by atoms with Crippen molar-refractivity contribution in [1.29, 1.82) is 0 Å². The number of hydrogen-bond donors (Lipinski definition) is 2. The van der Waals surface area contributed by atoms with Gasteiger partial charge in [-0.05, 0) is 56.0 Å². The van der Waals surface area contributed by atoms with Gasteiger partial charge >= 0.3 is 0 Å². The standard InChI is InChI=1S/C26H34N2O4/c1-18-7-10-20(11-8-18)27-24(29)17-28-15-14-26(30)13-5-4-6-21(26)25(28)19-9-12-22(31-2)23(16-19)32-3/h7-12,16,21,25,30H,4-6,13-15,17H2,1-3H3,(H,27,29). The molecular weight excluding hydrogens is 404 g/mol. The number of anilines is 1. The van der Waals surface area contributed by atoms with Crippen LogP contribution in [0.3, 0.4) is 0 Å². The Morgan fingerprint density at radius 3 is 2.56 bits per heavy atom. The third kappa shape index (κ3) is 4.62. The summed E-state index contributed by atoms with van der Waals surface area (Å²) in [7, 11) is 3.26. The van der Waals surface area contributed by atoms with Gasteiger partial charge in [0.15, 0.2) is 11.5 Å². The molecule has 0 spiro atoms. The molecule has 1 aliphatic carbocycles. The summed E-state index contributed by atoms with van der Waals surface area (Å²) in [5.74, 6) is 1.38. The third-order valence-corrected chi connectivity index (χ3v) is 7.10. The Hall–Kier alpha value is -2.57. The molecule has 172 valence electrons. The highest BCUT2D eigenvalue weighted by Gasteiger charge is 2.49. The number of aliphatic hydroxyl groups is 1. The predicted molar refractivity (Wildman–Crippen MR) is 125 cm³/mol. The monoisotopic (exact) mass is 438 g/mol. The van der Waals surface area contributed by atoms with Crippen molar-refractivity contribution in [2.45, 2.75) is 50.7 Å². The molecule has 2 fully saturated rings. The maximum Gasteiger partial charge on any atom is 0.238 e. The molecule has 1 saturated heterocycles. The second kappa shape index (κ2) is 9.51. The van der Waals surface area contributed by atoms with Crippen molar-refractivity contribution in [1.82, 2.24) is 4.90 Å². The SMILES string of the molecule is COc1ccc(C2C3CCCCC3(O)CCN2CC(=O)Nc2ccc(C)cc2)cc1OC. The van der Waals surface area contributed by atoms with Gasteiger partial charge in [-0.1, -0.05) is 36.6 Å². The largest absolute Gasteiger partial charge is 0.493 e. The molecular formula is C26H34N2O4. The van der Waals surface area contributed by atoms with Crippen LogP contribution in [0.1, 0.15) is 49.3 Å². The van der Waals surface area contributed by atoms with Gasteiger partial charge in [-0.2, -0.15) is 0 Å². The van der Waals surface area contributed by atoms with E-state index in [1.807, 2.05) is 49.4 Å². The second-order valence-electron chi connectivity index (χ2n) is 9.15. The van der Waals surface area contributed by atoms with Crippen LogP contribution in [-0.4, -0.2) is 48.8 Å². The quantitative estimate of drug-likeness (QED) is 0.703. The van der Waals surface area contributed by atoms with E-state index in [1.54, 1.807) is 14.2 Å². The lowest BCUT2D eigenvalue weighted by atomic mass is 9.66. The van der Waals surface area contributed by atoms with Crippen molar-refractivity contribution in [3.63, 3.8) is 0 Å². The first kappa shape index (κ1) is 22.6. The number of ether oxygens (including phenoxy) is 2. The van der Waals surface area contributed by atoms with E-state index in [0.29, 0.717) is 24.5 Å². The zero-order chi connectivity index (χ0) is 22.7. The normalized spacial score (nSPS) is 25.6. The van der Waals surface area contributed by atoms with Gasteiger partial charge in [0, 0.05) is 24.2 Å². The average molecular weight is 439 g/mol. The lowest BCUT2D eigenvalue weighted by molar-refractivity contribution is -0.135. The fourth-order valence-corrected chi connectivity index (χ4v) is 5.42. The van der Waals surface area contributed by atoms with Crippen LogP contribution in [0.15, 0.2) is 42.5 Å². The van der Waals surface area contributed by atoms with Gasteiger partial charge < -0.3 is 19.9 Å². The molecule has 2 aromatic carbocycles. The fraction of sp³-hybridized carbons (Fsp3) is 0.500. The summed E-state index contributed by atoms with van der Waals surface area (Å²) in [6.07, 6.45) is 4.62. The summed E-state index contributed by atoms with van der Waals surface area (Å²) < 4.78 is 11.0. The maximum absolute atomic E-state index is 12.9. The van der Waals surface area contributed by atoms with E-state index < -0.39 is 5.60 Å².